The molecule has 0 saturated heterocycles. The summed E-state index contributed by atoms with van der Waals surface area (Å²) in [6, 6.07) is 15.3. The van der Waals surface area contributed by atoms with E-state index in [1.807, 2.05) is 30.3 Å². The molecular weight excluding hydrogens is 379 g/mol. The number of nitrogens with zero attached hydrogens (tertiary/aromatic N) is 3. The van der Waals surface area contributed by atoms with Crippen molar-refractivity contribution in [1.29, 1.82) is 0 Å². The van der Waals surface area contributed by atoms with Gasteiger partial charge in [-0.25, -0.2) is 4.39 Å². The van der Waals surface area contributed by atoms with Gasteiger partial charge in [0.1, 0.15) is 11.6 Å². The largest absolute Gasteiger partial charge is 0.368 e. The fourth-order valence-electron chi connectivity index (χ4n) is 2.33. The summed E-state index contributed by atoms with van der Waals surface area (Å²) >= 11 is 1.50. The molecule has 0 aliphatic heterocycles. The number of nitrogens with two attached hydrogens (primary N) is 1. The van der Waals surface area contributed by atoms with Crippen LogP contribution in [0.15, 0.2) is 54.6 Å². The molecule has 0 atom stereocenters. The van der Waals surface area contributed by atoms with Crippen molar-refractivity contribution < 1.29 is 9.18 Å². The first kappa shape index (κ1) is 19.6. The highest BCUT2D eigenvalue weighted by Crippen LogP contribution is 2.16. The molecule has 4 N–H and O–H groups in total. The quantitative estimate of drug-likeness (QED) is 0.498. The second-order valence-corrected chi connectivity index (χ2v) is 6.89. The molecule has 3 rings (SSSR count). The second kappa shape index (κ2) is 9.65. The molecule has 0 spiro atoms. The van der Waals surface area contributed by atoms with Gasteiger partial charge in [0, 0.05) is 23.5 Å². The van der Waals surface area contributed by atoms with Gasteiger partial charge in [-0.2, -0.15) is 26.7 Å². The van der Waals surface area contributed by atoms with Crippen LogP contribution in [0.4, 0.5) is 27.7 Å². The number of halogens is 1. The van der Waals surface area contributed by atoms with Gasteiger partial charge in [0.25, 0.3) is 0 Å². The monoisotopic (exact) mass is 398 g/mol. The van der Waals surface area contributed by atoms with Gasteiger partial charge >= 0.3 is 0 Å². The molecule has 2 aromatic carbocycles. The van der Waals surface area contributed by atoms with E-state index in [4.69, 9.17) is 5.73 Å². The molecule has 0 unspecified atom stereocenters. The van der Waals surface area contributed by atoms with E-state index in [9.17, 15) is 9.18 Å². The van der Waals surface area contributed by atoms with Crippen LogP contribution in [0.2, 0.25) is 0 Å². The van der Waals surface area contributed by atoms with Gasteiger partial charge in [0.2, 0.25) is 17.8 Å². The Morgan fingerprint density at radius 3 is 2.61 bits per heavy atom. The lowest BCUT2D eigenvalue weighted by molar-refractivity contribution is -0.115. The average molecular weight is 398 g/mol. The molecule has 0 bridgehead atoms. The number of rotatable bonds is 8. The summed E-state index contributed by atoms with van der Waals surface area (Å²) in [6.45, 7) is 0. The molecule has 3 aromatic rings. The Morgan fingerprint density at radius 2 is 1.82 bits per heavy atom. The Kier molecular flexibility index (Phi) is 6.74. The molecule has 1 aromatic heterocycles. The Morgan fingerprint density at radius 1 is 1.04 bits per heavy atom. The minimum Gasteiger partial charge on any atom is -0.368 e. The number of nitrogens with one attached hydrogen (secondary N) is 2. The Labute approximate surface area is 166 Å². The van der Waals surface area contributed by atoms with Crippen LogP contribution in [0.5, 0.6) is 0 Å². The number of thioether (sulfide) groups is 1. The normalized spacial score (nSPS) is 10.5. The molecule has 1 amide bonds. The third-order valence-electron chi connectivity index (χ3n) is 3.54. The lowest BCUT2D eigenvalue weighted by Gasteiger charge is -2.07. The molecule has 0 aliphatic carbocycles. The van der Waals surface area contributed by atoms with E-state index in [2.05, 4.69) is 25.6 Å². The van der Waals surface area contributed by atoms with Gasteiger partial charge in [-0.3, -0.25) is 4.79 Å². The molecule has 7 nitrogen and oxygen atoms in total. The summed E-state index contributed by atoms with van der Waals surface area (Å²) in [5.74, 6) is 1.52. The standard InChI is InChI=1S/C19H19FN6OS/c20-13-5-4-8-15(11-13)22-17(27)9-10-28-12-16-24-18(21)26-19(25-16)23-14-6-2-1-3-7-14/h1-8,11H,9-10,12H2,(H,22,27)(H3,21,23,24,25,26). The molecule has 28 heavy (non-hydrogen) atoms. The number of hydrogen-bond donors (Lipinski definition) is 3. The van der Waals surface area contributed by atoms with Crippen molar-refractivity contribution in [3.8, 4) is 0 Å². The van der Waals surface area contributed by atoms with Crippen LogP contribution in [0.3, 0.4) is 0 Å². The predicted molar refractivity (Wildman–Crippen MR) is 110 cm³/mol. The predicted octanol–water partition coefficient (Wildman–Crippen LogP) is 3.60. The zero-order valence-corrected chi connectivity index (χ0v) is 15.7. The van der Waals surface area contributed by atoms with E-state index in [0.717, 1.165) is 5.69 Å². The number of carbonyl (C=O) groups excluding carboxylic acids is 1. The minimum absolute atomic E-state index is 0.132. The zero-order chi connectivity index (χ0) is 19.8. The molecule has 0 aliphatic rings. The number of hydrogen-bond acceptors (Lipinski definition) is 7. The summed E-state index contributed by atoms with van der Waals surface area (Å²) in [5, 5.41) is 5.74. The fourth-order valence-corrected chi connectivity index (χ4v) is 3.11. The highest BCUT2D eigenvalue weighted by atomic mass is 32.2. The van der Waals surface area contributed by atoms with Crippen molar-refractivity contribution in [3.05, 3.63) is 66.2 Å². The van der Waals surface area contributed by atoms with Gasteiger partial charge in [-0.05, 0) is 30.3 Å². The van der Waals surface area contributed by atoms with Crippen molar-refractivity contribution in [3.63, 3.8) is 0 Å². The minimum atomic E-state index is -0.389. The molecule has 9 heteroatoms. The lowest BCUT2D eigenvalue weighted by Crippen LogP contribution is -2.12. The van der Waals surface area contributed by atoms with Crippen molar-refractivity contribution in [1.82, 2.24) is 15.0 Å². The maximum atomic E-state index is 13.1. The molecule has 1 heterocycles. The first-order valence-corrected chi connectivity index (χ1v) is 9.69. The number of aromatic nitrogens is 3. The smallest absolute Gasteiger partial charge is 0.232 e. The third kappa shape index (κ3) is 6.20. The van der Waals surface area contributed by atoms with Gasteiger partial charge in [0.15, 0.2) is 0 Å². The van der Waals surface area contributed by atoms with Gasteiger partial charge in [-0.1, -0.05) is 24.3 Å². The Bertz CT molecular complexity index is 941. The number of anilines is 4. The van der Waals surface area contributed by atoms with E-state index < -0.39 is 0 Å². The summed E-state index contributed by atoms with van der Waals surface area (Å²) < 4.78 is 13.1. The summed E-state index contributed by atoms with van der Waals surface area (Å²) in [7, 11) is 0. The number of para-hydroxylation sites is 1. The highest BCUT2D eigenvalue weighted by Gasteiger charge is 2.07. The van der Waals surface area contributed by atoms with Crippen LogP contribution in [0.25, 0.3) is 0 Å². The number of nitrogen functional groups attached to an aromatic ring is 1. The van der Waals surface area contributed by atoms with Gasteiger partial charge in [0.05, 0.1) is 5.75 Å². The third-order valence-corrected chi connectivity index (χ3v) is 4.50. The zero-order valence-electron chi connectivity index (χ0n) is 14.9. The van der Waals surface area contributed by atoms with E-state index >= 15 is 0 Å². The maximum absolute atomic E-state index is 13.1. The van der Waals surface area contributed by atoms with E-state index in [0.29, 0.717) is 29.0 Å². The van der Waals surface area contributed by atoms with Crippen LogP contribution >= 0.6 is 11.8 Å². The van der Waals surface area contributed by atoms with Gasteiger partial charge < -0.3 is 16.4 Å². The number of benzene rings is 2. The Balaban J connectivity index is 1.47. The molecule has 0 radical (unpaired) electrons. The first-order valence-electron chi connectivity index (χ1n) is 8.54. The molecule has 0 fully saturated rings. The summed E-state index contributed by atoms with van der Waals surface area (Å²) in [5.41, 5.74) is 7.05. The van der Waals surface area contributed by atoms with E-state index in [1.165, 1.54) is 23.9 Å². The molecular formula is C19H19FN6OS. The first-order chi connectivity index (χ1) is 13.6. The van der Waals surface area contributed by atoms with E-state index in [-0.39, 0.29) is 24.1 Å². The molecule has 0 saturated carbocycles. The molecule has 144 valence electrons. The van der Waals surface area contributed by atoms with Crippen molar-refractivity contribution in [2.24, 2.45) is 0 Å². The summed E-state index contributed by atoms with van der Waals surface area (Å²) in [4.78, 5) is 24.5. The van der Waals surface area contributed by atoms with Crippen molar-refractivity contribution >= 4 is 40.9 Å². The van der Waals surface area contributed by atoms with Crippen molar-refractivity contribution in [2.75, 3.05) is 22.1 Å². The van der Waals surface area contributed by atoms with Crippen LogP contribution in [0.1, 0.15) is 12.2 Å². The summed E-state index contributed by atoms with van der Waals surface area (Å²) in [6.07, 6.45) is 0.289. The van der Waals surface area contributed by atoms with Crippen LogP contribution < -0.4 is 16.4 Å². The van der Waals surface area contributed by atoms with Crippen LogP contribution in [0, 0.1) is 5.82 Å². The van der Waals surface area contributed by atoms with Gasteiger partial charge in [-0.15, -0.1) is 0 Å². The van der Waals surface area contributed by atoms with Crippen LogP contribution in [-0.4, -0.2) is 26.6 Å². The highest BCUT2D eigenvalue weighted by molar-refractivity contribution is 7.98. The van der Waals surface area contributed by atoms with Crippen molar-refractivity contribution in [2.45, 2.75) is 12.2 Å². The number of amides is 1. The number of carbonyl (C=O) groups is 1. The van der Waals surface area contributed by atoms with Crippen LogP contribution in [-0.2, 0) is 10.5 Å². The van der Waals surface area contributed by atoms with E-state index in [1.54, 1.807) is 12.1 Å². The second-order valence-electron chi connectivity index (χ2n) is 5.79. The topological polar surface area (TPSA) is 106 Å². The Hall–Kier alpha value is -3.20. The average Bonchev–Trinajstić information content (AvgIpc) is 2.66. The fraction of sp³-hybridized carbons (Fsp3) is 0.158. The SMILES string of the molecule is Nc1nc(CSCCC(=O)Nc2cccc(F)c2)nc(Nc2ccccc2)n1. The lowest BCUT2D eigenvalue weighted by atomic mass is 10.3. The maximum Gasteiger partial charge on any atom is 0.232 e.